The molecule has 0 radical (unpaired) electrons. The Morgan fingerprint density at radius 2 is 1.75 bits per heavy atom. The number of nitrogens with one attached hydrogen (secondary N) is 1. The number of hydrogen-bond donors (Lipinski definition) is 1. The van der Waals surface area contributed by atoms with Crippen LogP contribution in [0.4, 0.5) is 4.39 Å². The lowest BCUT2D eigenvalue weighted by Gasteiger charge is -2.27. The van der Waals surface area contributed by atoms with E-state index in [1.165, 1.54) is 24.8 Å². The number of hydrogen-bond acceptors (Lipinski definition) is 1. The quantitative estimate of drug-likeness (QED) is 0.832. The van der Waals surface area contributed by atoms with Crippen LogP contribution < -0.4 is 5.32 Å². The van der Waals surface area contributed by atoms with E-state index in [-0.39, 0.29) is 5.82 Å². The van der Waals surface area contributed by atoms with Gasteiger partial charge in [-0.1, -0.05) is 19.1 Å². The molecule has 3 atom stereocenters. The summed E-state index contributed by atoms with van der Waals surface area (Å²) < 4.78 is 13.9. The maximum Gasteiger partial charge on any atom is 0.129 e. The van der Waals surface area contributed by atoms with Gasteiger partial charge in [0.2, 0.25) is 0 Å². The summed E-state index contributed by atoms with van der Waals surface area (Å²) in [5, 5.41) is 3.72. The van der Waals surface area contributed by atoms with E-state index in [4.69, 9.17) is 0 Å². The van der Waals surface area contributed by atoms with Crippen LogP contribution in [0.2, 0.25) is 0 Å². The van der Waals surface area contributed by atoms with E-state index in [9.17, 15) is 4.39 Å². The van der Waals surface area contributed by atoms with Gasteiger partial charge in [-0.2, -0.15) is 0 Å². The predicted molar refractivity (Wildman–Crippen MR) is 81.2 cm³/mol. The minimum absolute atomic E-state index is 0.0442. The van der Waals surface area contributed by atoms with Crippen LogP contribution in [0.15, 0.2) is 12.1 Å². The second kappa shape index (κ2) is 5.48. The second-order valence-corrected chi connectivity index (χ2v) is 6.89. The normalized spacial score (nSPS) is 29.3. The number of rotatable bonds is 5. The summed E-state index contributed by atoms with van der Waals surface area (Å²) in [7, 11) is 0. The van der Waals surface area contributed by atoms with Crippen LogP contribution in [0.25, 0.3) is 0 Å². The molecule has 0 spiro atoms. The highest BCUT2D eigenvalue weighted by Gasteiger charge is 2.48. The maximum absolute atomic E-state index is 13.9. The van der Waals surface area contributed by atoms with E-state index in [1.54, 1.807) is 0 Å². The van der Waals surface area contributed by atoms with Crippen LogP contribution in [-0.2, 0) is 0 Å². The summed E-state index contributed by atoms with van der Waals surface area (Å²) in [5.74, 6) is 2.69. The van der Waals surface area contributed by atoms with E-state index >= 15 is 0 Å². The summed E-state index contributed by atoms with van der Waals surface area (Å²) in [4.78, 5) is 0. The zero-order valence-corrected chi connectivity index (χ0v) is 12.9. The van der Waals surface area contributed by atoms with Crippen LogP contribution in [0.5, 0.6) is 0 Å². The molecule has 0 amide bonds. The average Bonchev–Trinajstić information content (AvgIpc) is 3.03. The standard InChI is InChI=1S/C18H26FN/c1-4-5-20-18(16-9-13-8-14(13)10-16)15-6-11(2)17(19)12(3)7-15/h6-7,13-14,16,18,20H,4-5,8-10H2,1-3H3. The molecule has 2 aliphatic carbocycles. The van der Waals surface area contributed by atoms with Gasteiger partial charge in [-0.15, -0.1) is 0 Å². The first-order valence-corrected chi connectivity index (χ1v) is 8.10. The number of aryl methyl sites for hydroxylation is 2. The van der Waals surface area contributed by atoms with E-state index in [0.29, 0.717) is 6.04 Å². The van der Waals surface area contributed by atoms with Crippen molar-refractivity contribution in [2.75, 3.05) is 6.54 Å². The van der Waals surface area contributed by atoms with Gasteiger partial charge in [-0.3, -0.25) is 0 Å². The number of fused-ring (bicyclic) bond motifs is 1. The highest BCUT2D eigenvalue weighted by atomic mass is 19.1. The molecule has 3 rings (SSSR count). The summed E-state index contributed by atoms with van der Waals surface area (Å²) in [6, 6.07) is 4.53. The van der Waals surface area contributed by atoms with Crippen molar-refractivity contribution in [1.82, 2.24) is 5.32 Å². The van der Waals surface area contributed by atoms with Crippen molar-refractivity contribution in [3.63, 3.8) is 0 Å². The summed E-state index contributed by atoms with van der Waals surface area (Å²) in [5.41, 5.74) is 2.86. The van der Waals surface area contributed by atoms with E-state index in [1.807, 2.05) is 13.8 Å². The Morgan fingerprint density at radius 1 is 1.15 bits per heavy atom. The Hall–Kier alpha value is -0.890. The van der Waals surface area contributed by atoms with Crippen LogP contribution in [0, 0.1) is 37.4 Å². The minimum atomic E-state index is -0.0442. The largest absolute Gasteiger partial charge is 0.310 e. The molecule has 2 fully saturated rings. The van der Waals surface area contributed by atoms with E-state index in [0.717, 1.165) is 41.8 Å². The molecule has 1 nitrogen and oxygen atoms in total. The molecule has 3 unspecified atom stereocenters. The van der Waals surface area contributed by atoms with Gasteiger partial charge in [0.15, 0.2) is 0 Å². The smallest absolute Gasteiger partial charge is 0.129 e. The first kappa shape index (κ1) is 14.1. The molecule has 2 saturated carbocycles. The van der Waals surface area contributed by atoms with Crippen molar-refractivity contribution in [3.8, 4) is 0 Å². The van der Waals surface area contributed by atoms with Gasteiger partial charge in [-0.25, -0.2) is 4.39 Å². The molecule has 2 heteroatoms. The topological polar surface area (TPSA) is 12.0 Å². The average molecular weight is 275 g/mol. The lowest BCUT2D eigenvalue weighted by molar-refractivity contribution is 0.341. The zero-order valence-electron chi connectivity index (χ0n) is 12.9. The number of halogens is 1. The molecule has 1 aromatic rings. The van der Waals surface area contributed by atoms with Crippen molar-refractivity contribution in [2.24, 2.45) is 17.8 Å². The van der Waals surface area contributed by atoms with Crippen molar-refractivity contribution >= 4 is 0 Å². The van der Waals surface area contributed by atoms with E-state index < -0.39 is 0 Å². The lowest BCUT2D eigenvalue weighted by Crippen LogP contribution is -2.28. The summed E-state index contributed by atoms with van der Waals surface area (Å²) in [6.07, 6.45) is 5.33. The molecular formula is C18H26FN. The Bertz CT molecular complexity index is 463. The molecule has 0 saturated heterocycles. The SMILES string of the molecule is CCCNC(c1cc(C)c(F)c(C)c1)C1CC2CC2C1. The highest BCUT2D eigenvalue weighted by Crippen LogP contribution is 2.57. The molecule has 0 heterocycles. The van der Waals surface area contributed by atoms with Gasteiger partial charge >= 0.3 is 0 Å². The predicted octanol–water partition coefficient (Wildman–Crippen LogP) is 4.53. The van der Waals surface area contributed by atoms with Crippen molar-refractivity contribution in [1.29, 1.82) is 0 Å². The first-order chi connectivity index (χ1) is 9.60. The molecule has 0 bridgehead atoms. The Balaban J connectivity index is 1.84. The molecular weight excluding hydrogens is 249 g/mol. The molecule has 1 N–H and O–H groups in total. The third kappa shape index (κ3) is 2.63. The van der Waals surface area contributed by atoms with E-state index in [2.05, 4.69) is 24.4 Å². The molecule has 0 aliphatic heterocycles. The highest BCUT2D eigenvalue weighted by molar-refractivity contribution is 5.33. The molecule has 0 aromatic heterocycles. The summed E-state index contributed by atoms with van der Waals surface area (Å²) in [6.45, 7) is 7.02. The van der Waals surface area contributed by atoms with Crippen LogP contribution in [-0.4, -0.2) is 6.54 Å². The molecule has 1 aromatic carbocycles. The Kier molecular flexibility index (Phi) is 3.85. The summed E-state index contributed by atoms with van der Waals surface area (Å²) >= 11 is 0. The van der Waals surface area contributed by atoms with Crippen molar-refractivity contribution < 1.29 is 4.39 Å². The van der Waals surface area contributed by atoms with Gasteiger partial charge in [0.1, 0.15) is 5.82 Å². The van der Waals surface area contributed by atoms with Gasteiger partial charge < -0.3 is 5.32 Å². The van der Waals surface area contributed by atoms with Crippen LogP contribution in [0.1, 0.15) is 55.3 Å². The number of benzene rings is 1. The Labute approximate surface area is 122 Å². The first-order valence-electron chi connectivity index (χ1n) is 8.10. The minimum Gasteiger partial charge on any atom is -0.310 e. The third-order valence-corrected chi connectivity index (χ3v) is 5.18. The fourth-order valence-electron chi connectivity index (χ4n) is 4.05. The molecule has 110 valence electrons. The fourth-order valence-corrected chi connectivity index (χ4v) is 4.05. The third-order valence-electron chi connectivity index (χ3n) is 5.18. The van der Waals surface area contributed by atoms with Gasteiger partial charge in [0, 0.05) is 6.04 Å². The second-order valence-electron chi connectivity index (χ2n) is 6.89. The van der Waals surface area contributed by atoms with Crippen LogP contribution in [0.3, 0.4) is 0 Å². The maximum atomic E-state index is 13.9. The van der Waals surface area contributed by atoms with Gasteiger partial charge in [0.05, 0.1) is 0 Å². The molecule has 2 aliphatic rings. The van der Waals surface area contributed by atoms with Gasteiger partial charge in [0.25, 0.3) is 0 Å². The van der Waals surface area contributed by atoms with Gasteiger partial charge in [-0.05, 0) is 80.5 Å². The monoisotopic (exact) mass is 275 g/mol. The molecule has 20 heavy (non-hydrogen) atoms. The van der Waals surface area contributed by atoms with Crippen LogP contribution >= 0.6 is 0 Å². The van der Waals surface area contributed by atoms with Crippen molar-refractivity contribution in [3.05, 3.63) is 34.6 Å². The van der Waals surface area contributed by atoms with Crippen molar-refractivity contribution in [2.45, 2.75) is 52.5 Å². The fraction of sp³-hybridized carbons (Fsp3) is 0.667. The Morgan fingerprint density at radius 3 is 2.30 bits per heavy atom. The zero-order chi connectivity index (χ0) is 14.3. The lowest BCUT2D eigenvalue weighted by atomic mass is 9.87.